The Morgan fingerprint density at radius 1 is 1.23 bits per heavy atom. The van der Waals surface area contributed by atoms with Crippen molar-refractivity contribution < 1.29 is 9.18 Å². The maximum Gasteiger partial charge on any atom is 0.253 e. The summed E-state index contributed by atoms with van der Waals surface area (Å²) in [5.41, 5.74) is 2.81. The highest BCUT2D eigenvalue weighted by Gasteiger charge is 2.27. The number of carbonyl (C=O) groups is 1. The van der Waals surface area contributed by atoms with Crippen LogP contribution in [0.4, 0.5) is 4.39 Å². The number of rotatable bonds is 2. The molecular weight excluding hydrogens is 331 g/mol. The summed E-state index contributed by atoms with van der Waals surface area (Å²) in [6, 6.07) is 5.90. The van der Waals surface area contributed by atoms with Crippen molar-refractivity contribution in [2.24, 2.45) is 0 Å². The number of likely N-dealkylation sites (tertiary alicyclic amines) is 1. The number of hydrogen-bond acceptors (Lipinski definition) is 4. The fourth-order valence-corrected chi connectivity index (χ4v) is 3.81. The standard InChI is InChI=1S/C20H23FN4O/c1-24-8-7-18-16(13-24)12-22-19(23-18)14-5-9-25(10-6-14)20(26)15-3-2-4-17(21)11-15/h2-4,11-12,14H,5-10,13H2,1H3. The summed E-state index contributed by atoms with van der Waals surface area (Å²) in [5, 5.41) is 0. The molecule has 2 aliphatic heterocycles. The van der Waals surface area contributed by atoms with E-state index in [4.69, 9.17) is 4.98 Å². The summed E-state index contributed by atoms with van der Waals surface area (Å²) in [7, 11) is 2.11. The van der Waals surface area contributed by atoms with Gasteiger partial charge in [0.05, 0.1) is 0 Å². The van der Waals surface area contributed by atoms with Crippen LogP contribution in [0, 0.1) is 5.82 Å². The average molecular weight is 354 g/mol. The van der Waals surface area contributed by atoms with Crippen LogP contribution < -0.4 is 0 Å². The quantitative estimate of drug-likeness (QED) is 0.832. The Labute approximate surface area is 152 Å². The summed E-state index contributed by atoms with van der Waals surface area (Å²) >= 11 is 0. The number of hydrogen-bond donors (Lipinski definition) is 0. The van der Waals surface area contributed by atoms with E-state index in [1.807, 2.05) is 6.20 Å². The Balaban J connectivity index is 1.41. The van der Waals surface area contributed by atoms with E-state index >= 15 is 0 Å². The molecule has 0 unspecified atom stereocenters. The number of likely N-dealkylation sites (N-methyl/N-ethyl adjacent to an activating group) is 1. The van der Waals surface area contributed by atoms with Crippen LogP contribution in [0.15, 0.2) is 30.5 Å². The van der Waals surface area contributed by atoms with Gasteiger partial charge in [0.25, 0.3) is 5.91 Å². The molecule has 0 radical (unpaired) electrons. The number of fused-ring (bicyclic) bond motifs is 1. The van der Waals surface area contributed by atoms with E-state index < -0.39 is 0 Å². The third kappa shape index (κ3) is 3.46. The molecule has 6 heteroatoms. The number of carbonyl (C=O) groups excluding carboxylic acids is 1. The number of benzene rings is 1. The Hall–Kier alpha value is -2.34. The molecule has 0 aliphatic carbocycles. The predicted octanol–water partition coefficient (Wildman–Crippen LogP) is 2.62. The fraction of sp³-hybridized carbons (Fsp3) is 0.450. The van der Waals surface area contributed by atoms with Crippen molar-refractivity contribution in [1.82, 2.24) is 19.8 Å². The normalized spacial score (nSPS) is 18.6. The summed E-state index contributed by atoms with van der Waals surface area (Å²) < 4.78 is 13.4. The molecule has 5 nitrogen and oxygen atoms in total. The predicted molar refractivity (Wildman–Crippen MR) is 96.3 cm³/mol. The molecule has 1 amide bonds. The van der Waals surface area contributed by atoms with Crippen LogP contribution in [0.3, 0.4) is 0 Å². The molecule has 0 spiro atoms. The molecule has 136 valence electrons. The van der Waals surface area contributed by atoms with E-state index in [1.54, 1.807) is 17.0 Å². The molecule has 3 heterocycles. The lowest BCUT2D eigenvalue weighted by Crippen LogP contribution is -2.38. The largest absolute Gasteiger partial charge is 0.339 e. The molecule has 0 saturated carbocycles. The number of nitrogens with zero attached hydrogens (tertiary/aromatic N) is 4. The second-order valence-corrected chi connectivity index (χ2v) is 7.26. The smallest absolute Gasteiger partial charge is 0.253 e. The van der Waals surface area contributed by atoms with Crippen molar-refractivity contribution in [3.05, 3.63) is 58.9 Å². The van der Waals surface area contributed by atoms with Crippen LogP contribution >= 0.6 is 0 Å². The van der Waals surface area contributed by atoms with Gasteiger partial charge in [-0.05, 0) is 38.1 Å². The maximum atomic E-state index is 13.4. The van der Waals surface area contributed by atoms with E-state index in [-0.39, 0.29) is 17.6 Å². The van der Waals surface area contributed by atoms with Crippen LogP contribution in [0.25, 0.3) is 0 Å². The van der Waals surface area contributed by atoms with Crippen LogP contribution in [-0.4, -0.2) is 52.4 Å². The zero-order chi connectivity index (χ0) is 18.1. The van der Waals surface area contributed by atoms with E-state index in [0.29, 0.717) is 18.7 Å². The van der Waals surface area contributed by atoms with Crippen molar-refractivity contribution in [3.63, 3.8) is 0 Å². The Bertz CT molecular complexity index is 817. The van der Waals surface area contributed by atoms with Crippen LogP contribution in [0.1, 0.15) is 46.2 Å². The fourth-order valence-electron chi connectivity index (χ4n) is 3.81. The SMILES string of the molecule is CN1CCc2nc(C3CCN(C(=O)c4cccc(F)c4)CC3)ncc2C1. The van der Waals surface area contributed by atoms with Gasteiger partial charge < -0.3 is 9.80 Å². The van der Waals surface area contributed by atoms with E-state index in [0.717, 1.165) is 38.2 Å². The lowest BCUT2D eigenvalue weighted by atomic mass is 9.95. The first-order chi connectivity index (χ1) is 12.6. The summed E-state index contributed by atoms with van der Waals surface area (Å²) in [6.07, 6.45) is 4.63. The molecule has 1 aromatic carbocycles. The van der Waals surface area contributed by atoms with E-state index in [1.165, 1.54) is 23.4 Å². The van der Waals surface area contributed by atoms with Crippen LogP contribution in [-0.2, 0) is 13.0 Å². The Kier molecular flexibility index (Phi) is 4.68. The van der Waals surface area contributed by atoms with Crippen molar-refractivity contribution in [3.8, 4) is 0 Å². The second-order valence-electron chi connectivity index (χ2n) is 7.26. The summed E-state index contributed by atoms with van der Waals surface area (Å²) in [6.45, 7) is 3.26. The minimum atomic E-state index is -0.376. The molecule has 1 aromatic heterocycles. The number of amides is 1. The molecule has 0 bridgehead atoms. The van der Waals surface area contributed by atoms with Crippen molar-refractivity contribution in [2.75, 3.05) is 26.7 Å². The van der Waals surface area contributed by atoms with Gasteiger partial charge in [0.1, 0.15) is 11.6 Å². The van der Waals surface area contributed by atoms with E-state index in [2.05, 4.69) is 16.9 Å². The highest BCUT2D eigenvalue weighted by molar-refractivity contribution is 5.94. The van der Waals surface area contributed by atoms with Gasteiger partial charge in [-0.3, -0.25) is 4.79 Å². The van der Waals surface area contributed by atoms with Gasteiger partial charge in [0.15, 0.2) is 0 Å². The lowest BCUT2D eigenvalue weighted by molar-refractivity contribution is 0.0710. The molecule has 4 rings (SSSR count). The number of halogens is 1. The van der Waals surface area contributed by atoms with Crippen LogP contribution in [0.5, 0.6) is 0 Å². The molecule has 2 aliphatic rings. The monoisotopic (exact) mass is 354 g/mol. The van der Waals surface area contributed by atoms with Crippen molar-refractivity contribution in [1.29, 1.82) is 0 Å². The van der Waals surface area contributed by atoms with Gasteiger partial charge in [-0.2, -0.15) is 0 Å². The van der Waals surface area contributed by atoms with Gasteiger partial charge in [0, 0.05) is 61.5 Å². The Morgan fingerprint density at radius 3 is 2.81 bits per heavy atom. The molecule has 0 N–H and O–H groups in total. The second kappa shape index (κ2) is 7.11. The minimum Gasteiger partial charge on any atom is -0.339 e. The molecule has 26 heavy (non-hydrogen) atoms. The van der Waals surface area contributed by atoms with Gasteiger partial charge in [-0.1, -0.05) is 6.07 Å². The first-order valence-corrected chi connectivity index (χ1v) is 9.18. The lowest BCUT2D eigenvalue weighted by Gasteiger charge is -2.32. The van der Waals surface area contributed by atoms with Gasteiger partial charge in [0.2, 0.25) is 0 Å². The van der Waals surface area contributed by atoms with Crippen molar-refractivity contribution >= 4 is 5.91 Å². The van der Waals surface area contributed by atoms with Gasteiger partial charge in [-0.25, -0.2) is 14.4 Å². The molecule has 2 aromatic rings. The Morgan fingerprint density at radius 2 is 2.04 bits per heavy atom. The molecule has 0 atom stereocenters. The highest BCUT2D eigenvalue weighted by Crippen LogP contribution is 2.27. The first-order valence-electron chi connectivity index (χ1n) is 9.18. The average Bonchev–Trinajstić information content (AvgIpc) is 2.67. The third-order valence-corrected chi connectivity index (χ3v) is 5.36. The van der Waals surface area contributed by atoms with Crippen LogP contribution in [0.2, 0.25) is 0 Å². The molecule has 1 fully saturated rings. The molecule has 1 saturated heterocycles. The topological polar surface area (TPSA) is 49.3 Å². The number of aromatic nitrogens is 2. The summed E-state index contributed by atoms with van der Waals surface area (Å²) in [5.74, 6) is 0.721. The van der Waals surface area contributed by atoms with Crippen molar-refractivity contribution in [2.45, 2.75) is 31.7 Å². The zero-order valence-electron chi connectivity index (χ0n) is 15.0. The van der Waals surface area contributed by atoms with E-state index in [9.17, 15) is 9.18 Å². The maximum absolute atomic E-state index is 13.4. The third-order valence-electron chi connectivity index (χ3n) is 5.36. The first kappa shape index (κ1) is 17.1. The minimum absolute atomic E-state index is 0.0997. The molecular formula is C20H23FN4O. The zero-order valence-corrected chi connectivity index (χ0v) is 15.0. The van der Waals surface area contributed by atoms with Gasteiger partial charge >= 0.3 is 0 Å². The number of piperidine rings is 1. The summed E-state index contributed by atoms with van der Waals surface area (Å²) in [4.78, 5) is 26.0. The van der Waals surface area contributed by atoms with Gasteiger partial charge in [-0.15, -0.1) is 0 Å². The highest BCUT2D eigenvalue weighted by atomic mass is 19.1.